The summed E-state index contributed by atoms with van der Waals surface area (Å²) in [4.78, 5) is 5.88. The Balaban J connectivity index is 1.95. The van der Waals surface area contributed by atoms with Crippen molar-refractivity contribution in [1.29, 1.82) is 0 Å². The molecule has 1 atom stereocenters. The van der Waals surface area contributed by atoms with Crippen LogP contribution in [0, 0.1) is 13.8 Å². The number of thiazole rings is 1. The fourth-order valence-electron chi connectivity index (χ4n) is 2.19. The summed E-state index contributed by atoms with van der Waals surface area (Å²) < 4.78 is 5.82. The highest BCUT2D eigenvalue weighted by molar-refractivity contribution is 7.11. The van der Waals surface area contributed by atoms with Gasteiger partial charge in [-0.25, -0.2) is 4.98 Å². The molecule has 3 nitrogen and oxygen atoms in total. The van der Waals surface area contributed by atoms with Crippen molar-refractivity contribution in [2.45, 2.75) is 46.6 Å². The molecular weight excluding hydrogens is 280 g/mol. The van der Waals surface area contributed by atoms with E-state index in [1.807, 2.05) is 13.0 Å². The molecule has 1 aromatic heterocycles. The zero-order valence-electron chi connectivity index (χ0n) is 13.3. The lowest BCUT2D eigenvalue weighted by atomic mass is 10.1. The van der Waals surface area contributed by atoms with Crippen LogP contribution < -0.4 is 10.5 Å². The normalized spacial score (nSPS) is 12.4. The maximum absolute atomic E-state index is 5.99. The quantitative estimate of drug-likeness (QED) is 0.878. The van der Waals surface area contributed by atoms with Gasteiger partial charge in [-0.3, -0.25) is 0 Å². The van der Waals surface area contributed by atoms with E-state index in [2.05, 4.69) is 37.9 Å². The van der Waals surface area contributed by atoms with Gasteiger partial charge in [0.2, 0.25) is 0 Å². The van der Waals surface area contributed by atoms with E-state index in [9.17, 15) is 0 Å². The van der Waals surface area contributed by atoms with Gasteiger partial charge in [-0.1, -0.05) is 13.0 Å². The molecule has 0 radical (unpaired) electrons. The second-order valence-electron chi connectivity index (χ2n) is 5.41. The Morgan fingerprint density at radius 2 is 2.05 bits per heavy atom. The highest BCUT2D eigenvalue weighted by Gasteiger charge is 2.13. The number of nitrogens with zero attached hydrogens (tertiary/aromatic N) is 1. The molecule has 0 aliphatic carbocycles. The molecule has 114 valence electrons. The van der Waals surface area contributed by atoms with Crippen molar-refractivity contribution in [2.24, 2.45) is 5.73 Å². The minimum absolute atomic E-state index is 0.0619. The number of ether oxygens (including phenoxy) is 1. The van der Waals surface area contributed by atoms with E-state index in [-0.39, 0.29) is 6.04 Å². The molecule has 1 heterocycles. The summed E-state index contributed by atoms with van der Waals surface area (Å²) in [6, 6.07) is 6.26. The number of hydrogen-bond donors (Lipinski definition) is 1. The summed E-state index contributed by atoms with van der Waals surface area (Å²) in [5.74, 6) is 0.929. The largest absolute Gasteiger partial charge is 0.493 e. The van der Waals surface area contributed by atoms with Crippen molar-refractivity contribution in [3.63, 3.8) is 0 Å². The summed E-state index contributed by atoms with van der Waals surface area (Å²) in [6.45, 7) is 9.00. The van der Waals surface area contributed by atoms with Gasteiger partial charge in [0.1, 0.15) is 5.75 Å². The van der Waals surface area contributed by atoms with Gasteiger partial charge >= 0.3 is 0 Å². The topological polar surface area (TPSA) is 48.1 Å². The molecule has 1 aromatic carbocycles. The van der Waals surface area contributed by atoms with Crippen molar-refractivity contribution in [2.75, 3.05) is 6.61 Å². The van der Waals surface area contributed by atoms with E-state index in [1.54, 1.807) is 11.3 Å². The van der Waals surface area contributed by atoms with E-state index >= 15 is 0 Å². The summed E-state index contributed by atoms with van der Waals surface area (Å²) >= 11 is 1.72. The molecule has 2 aromatic rings. The highest BCUT2D eigenvalue weighted by Crippen LogP contribution is 2.25. The van der Waals surface area contributed by atoms with Gasteiger partial charge in [0, 0.05) is 17.3 Å². The lowest BCUT2D eigenvalue weighted by Gasteiger charge is -2.07. The lowest BCUT2D eigenvalue weighted by Crippen LogP contribution is -2.05. The van der Waals surface area contributed by atoms with Crippen LogP contribution in [0.15, 0.2) is 18.2 Å². The van der Waals surface area contributed by atoms with Crippen LogP contribution in [-0.4, -0.2) is 11.6 Å². The SMILES string of the molecule is CCc1nc(CCOc2ccc(C)c(C)c2)sc1C(C)N. The van der Waals surface area contributed by atoms with Crippen LogP contribution in [0.2, 0.25) is 0 Å². The Bertz CT molecular complexity index is 605. The first-order chi connectivity index (χ1) is 10.0. The maximum Gasteiger partial charge on any atom is 0.119 e. The molecular formula is C17H24N2OS. The number of benzene rings is 1. The van der Waals surface area contributed by atoms with E-state index in [1.165, 1.54) is 16.0 Å². The predicted molar refractivity (Wildman–Crippen MR) is 89.2 cm³/mol. The van der Waals surface area contributed by atoms with Gasteiger partial charge in [-0.05, 0) is 50.5 Å². The van der Waals surface area contributed by atoms with Gasteiger partial charge in [0.25, 0.3) is 0 Å². The fourth-order valence-corrected chi connectivity index (χ4v) is 3.28. The van der Waals surface area contributed by atoms with Crippen molar-refractivity contribution in [3.8, 4) is 5.75 Å². The van der Waals surface area contributed by atoms with Crippen LogP contribution in [0.1, 0.15) is 46.6 Å². The van der Waals surface area contributed by atoms with Crippen molar-refractivity contribution >= 4 is 11.3 Å². The average Bonchev–Trinajstić information content (AvgIpc) is 2.86. The number of nitrogens with two attached hydrogens (primary N) is 1. The third kappa shape index (κ3) is 4.05. The predicted octanol–water partition coefficient (Wildman–Crippen LogP) is 3.96. The summed E-state index contributed by atoms with van der Waals surface area (Å²) in [5.41, 5.74) is 9.68. The monoisotopic (exact) mass is 304 g/mol. The van der Waals surface area contributed by atoms with Crippen molar-refractivity contribution in [1.82, 2.24) is 4.98 Å². The molecule has 1 unspecified atom stereocenters. The number of aromatic nitrogens is 1. The standard InChI is InChI=1S/C17H24N2OS/c1-5-15-17(13(4)18)21-16(19-15)8-9-20-14-7-6-11(2)12(3)10-14/h6-7,10,13H,5,8-9,18H2,1-4H3. The number of aryl methyl sites for hydroxylation is 3. The Morgan fingerprint density at radius 3 is 2.62 bits per heavy atom. The molecule has 0 spiro atoms. The summed E-state index contributed by atoms with van der Waals surface area (Å²) in [7, 11) is 0. The Kier molecular flexibility index (Phi) is 5.37. The summed E-state index contributed by atoms with van der Waals surface area (Å²) in [6.07, 6.45) is 1.77. The Morgan fingerprint density at radius 1 is 1.29 bits per heavy atom. The van der Waals surface area contributed by atoms with E-state index < -0.39 is 0 Å². The first kappa shape index (κ1) is 16.0. The first-order valence-corrected chi connectivity index (χ1v) is 8.27. The Labute approximate surface area is 131 Å². The molecule has 4 heteroatoms. The second kappa shape index (κ2) is 7.05. The Hall–Kier alpha value is -1.39. The smallest absolute Gasteiger partial charge is 0.119 e. The van der Waals surface area contributed by atoms with Crippen molar-refractivity contribution in [3.05, 3.63) is 44.9 Å². The maximum atomic E-state index is 5.99. The molecule has 0 fully saturated rings. The molecule has 2 N–H and O–H groups in total. The van der Waals surface area contributed by atoms with Crippen LogP contribution in [-0.2, 0) is 12.8 Å². The molecule has 2 rings (SSSR count). The van der Waals surface area contributed by atoms with Crippen molar-refractivity contribution < 1.29 is 4.74 Å². The first-order valence-electron chi connectivity index (χ1n) is 7.45. The van der Waals surface area contributed by atoms with Gasteiger partial charge in [-0.2, -0.15) is 0 Å². The third-order valence-corrected chi connectivity index (χ3v) is 4.94. The minimum atomic E-state index is 0.0619. The van der Waals surface area contributed by atoms with Gasteiger partial charge in [0.05, 0.1) is 17.3 Å². The molecule has 0 saturated carbocycles. The molecule has 0 aliphatic rings. The van der Waals surface area contributed by atoms with Gasteiger partial charge in [0.15, 0.2) is 0 Å². The fraction of sp³-hybridized carbons (Fsp3) is 0.471. The lowest BCUT2D eigenvalue weighted by molar-refractivity contribution is 0.321. The van der Waals surface area contributed by atoms with Crippen LogP contribution in [0.3, 0.4) is 0 Å². The summed E-state index contributed by atoms with van der Waals surface area (Å²) in [5, 5.41) is 1.11. The molecule has 0 aliphatic heterocycles. The van der Waals surface area contributed by atoms with Crippen LogP contribution in [0.5, 0.6) is 5.75 Å². The number of hydrogen-bond acceptors (Lipinski definition) is 4. The number of rotatable bonds is 6. The van der Waals surface area contributed by atoms with E-state index in [0.29, 0.717) is 6.61 Å². The van der Waals surface area contributed by atoms with Gasteiger partial charge < -0.3 is 10.5 Å². The zero-order valence-corrected chi connectivity index (χ0v) is 14.1. The molecule has 21 heavy (non-hydrogen) atoms. The van der Waals surface area contributed by atoms with E-state index in [0.717, 1.165) is 29.3 Å². The van der Waals surface area contributed by atoms with Crippen LogP contribution in [0.4, 0.5) is 0 Å². The van der Waals surface area contributed by atoms with E-state index in [4.69, 9.17) is 10.5 Å². The third-order valence-electron chi connectivity index (χ3n) is 3.58. The van der Waals surface area contributed by atoms with Crippen LogP contribution in [0.25, 0.3) is 0 Å². The molecule has 0 saturated heterocycles. The molecule has 0 amide bonds. The van der Waals surface area contributed by atoms with Gasteiger partial charge in [-0.15, -0.1) is 11.3 Å². The average molecular weight is 304 g/mol. The molecule has 0 bridgehead atoms. The highest BCUT2D eigenvalue weighted by atomic mass is 32.1. The van der Waals surface area contributed by atoms with Crippen LogP contribution >= 0.6 is 11.3 Å². The zero-order chi connectivity index (χ0) is 15.4. The minimum Gasteiger partial charge on any atom is -0.493 e. The second-order valence-corrected chi connectivity index (χ2v) is 6.52.